The second kappa shape index (κ2) is 8.48. The van der Waals surface area contributed by atoms with Crippen molar-refractivity contribution in [1.82, 2.24) is 0 Å². The van der Waals surface area contributed by atoms with Gasteiger partial charge in [0.1, 0.15) is 6.61 Å². The van der Waals surface area contributed by atoms with E-state index in [2.05, 4.69) is 6.92 Å². The van der Waals surface area contributed by atoms with Crippen molar-refractivity contribution in [3.05, 3.63) is 48.0 Å². The summed E-state index contributed by atoms with van der Waals surface area (Å²) in [4.78, 5) is 11.4. The summed E-state index contributed by atoms with van der Waals surface area (Å²) in [6.07, 6.45) is 6.22. The Labute approximate surface area is 109 Å². The third-order valence-corrected chi connectivity index (χ3v) is 2.59. The number of rotatable bonds is 7. The Morgan fingerprint density at radius 1 is 1.39 bits per heavy atom. The zero-order valence-corrected chi connectivity index (χ0v) is 10.8. The van der Waals surface area contributed by atoms with E-state index in [0.29, 0.717) is 6.61 Å². The molecule has 0 aromatic heterocycles. The molecule has 3 heteroatoms. The number of hydrogen-bond donors (Lipinski definition) is 1. The Hall–Kier alpha value is -1.61. The predicted octanol–water partition coefficient (Wildman–Crippen LogP) is 2.80. The molecule has 2 N–H and O–H groups in total. The SMILES string of the molecule is CCCC[C@H](N)/C=C/C(=O)OCc1ccccc1. The fraction of sp³-hybridized carbons (Fsp3) is 0.400. The topological polar surface area (TPSA) is 52.3 Å². The van der Waals surface area contributed by atoms with Crippen molar-refractivity contribution in [2.45, 2.75) is 38.8 Å². The highest BCUT2D eigenvalue weighted by Crippen LogP contribution is 2.02. The third-order valence-electron chi connectivity index (χ3n) is 2.59. The lowest BCUT2D eigenvalue weighted by Crippen LogP contribution is -2.17. The van der Waals surface area contributed by atoms with Crippen LogP contribution in [0.2, 0.25) is 0 Å². The minimum absolute atomic E-state index is 0.0609. The molecule has 0 saturated heterocycles. The number of ether oxygens (including phenoxy) is 1. The zero-order chi connectivity index (χ0) is 13.2. The van der Waals surface area contributed by atoms with Crippen molar-refractivity contribution in [1.29, 1.82) is 0 Å². The van der Waals surface area contributed by atoms with E-state index in [9.17, 15) is 4.79 Å². The molecule has 0 heterocycles. The summed E-state index contributed by atoms with van der Waals surface area (Å²) in [6, 6.07) is 9.54. The van der Waals surface area contributed by atoms with Crippen molar-refractivity contribution >= 4 is 5.97 Å². The second-order valence-electron chi connectivity index (χ2n) is 4.26. The quantitative estimate of drug-likeness (QED) is 0.595. The minimum Gasteiger partial charge on any atom is -0.458 e. The summed E-state index contributed by atoms with van der Waals surface area (Å²) in [7, 11) is 0. The number of esters is 1. The summed E-state index contributed by atoms with van der Waals surface area (Å²) in [5, 5.41) is 0. The Bertz CT molecular complexity index is 373. The molecule has 0 spiro atoms. The standard InChI is InChI=1S/C15H21NO2/c1-2-3-9-14(16)10-11-15(17)18-12-13-7-5-4-6-8-13/h4-8,10-11,14H,2-3,9,12,16H2,1H3/b11-10+/t14-/m0/s1. The molecule has 0 radical (unpaired) electrons. The first-order valence-corrected chi connectivity index (χ1v) is 6.37. The smallest absolute Gasteiger partial charge is 0.330 e. The van der Waals surface area contributed by atoms with E-state index < -0.39 is 0 Å². The van der Waals surface area contributed by atoms with Gasteiger partial charge in [0.15, 0.2) is 0 Å². The Balaban J connectivity index is 2.27. The number of benzene rings is 1. The van der Waals surface area contributed by atoms with E-state index in [4.69, 9.17) is 10.5 Å². The van der Waals surface area contributed by atoms with Crippen LogP contribution in [-0.2, 0) is 16.1 Å². The van der Waals surface area contributed by atoms with Gasteiger partial charge < -0.3 is 10.5 Å². The van der Waals surface area contributed by atoms with Crippen molar-refractivity contribution < 1.29 is 9.53 Å². The Morgan fingerprint density at radius 3 is 2.78 bits per heavy atom. The van der Waals surface area contributed by atoms with Crippen molar-refractivity contribution in [3.8, 4) is 0 Å². The Morgan fingerprint density at radius 2 is 2.11 bits per heavy atom. The molecule has 0 saturated carbocycles. The molecule has 0 fully saturated rings. The van der Waals surface area contributed by atoms with Crippen molar-refractivity contribution in [2.24, 2.45) is 5.73 Å². The van der Waals surface area contributed by atoms with Gasteiger partial charge in [-0.1, -0.05) is 56.2 Å². The van der Waals surface area contributed by atoms with E-state index in [1.807, 2.05) is 30.3 Å². The number of carbonyl (C=O) groups is 1. The van der Waals surface area contributed by atoms with Gasteiger partial charge >= 0.3 is 5.97 Å². The first-order valence-electron chi connectivity index (χ1n) is 6.37. The van der Waals surface area contributed by atoms with Crippen LogP contribution < -0.4 is 5.73 Å². The first kappa shape index (κ1) is 14.5. The van der Waals surface area contributed by atoms with Crippen LogP contribution in [0.5, 0.6) is 0 Å². The van der Waals surface area contributed by atoms with Crippen LogP contribution >= 0.6 is 0 Å². The van der Waals surface area contributed by atoms with Gasteiger partial charge in [0.05, 0.1) is 0 Å². The summed E-state index contributed by atoms with van der Waals surface area (Å²) in [5.41, 5.74) is 6.80. The lowest BCUT2D eigenvalue weighted by Gasteiger charge is -2.05. The number of carbonyl (C=O) groups excluding carboxylic acids is 1. The predicted molar refractivity (Wildman–Crippen MR) is 72.9 cm³/mol. The van der Waals surface area contributed by atoms with Gasteiger partial charge in [-0.05, 0) is 12.0 Å². The highest BCUT2D eigenvalue weighted by molar-refractivity contribution is 5.82. The summed E-state index contributed by atoms with van der Waals surface area (Å²) < 4.78 is 5.10. The highest BCUT2D eigenvalue weighted by Gasteiger charge is 2.00. The maximum absolute atomic E-state index is 11.4. The highest BCUT2D eigenvalue weighted by atomic mass is 16.5. The van der Waals surface area contributed by atoms with Crippen LogP contribution in [0.3, 0.4) is 0 Å². The van der Waals surface area contributed by atoms with Gasteiger partial charge in [0.25, 0.3) is 0 Å². The summed E-state index contributed by atoms with van der Waals surface area (Å²) >= 11 is 0. The molecule has 0 unspecified atom stereocenters. The molecular formula is C15H21NO2. The Kier molecular flexibility index (Phi) is 6.81. The molecule has 1 rings (SSSR count). The fourth-order valence-electron chi connectivity index (χ4n) is 1.52. The van der Waals surface area contributed by atoms with E-state index in [0.717, 1.165) is 24.8 Å². The average molecular weight is 247 g/mol. The summed E-state index contributed by atoms with van der Waals surface area (Å²) in [6.45, 7) is 2.42. The molecular weight excluding hydrogens is 226 g/mol. The second-order valence-corrected chi connectivity index (χ2v) is 4.26. The maximum atomic E-state index is 11.4. The molecule has 1 aromatic rings. The molecule has 3 nitrogen and oxygen atoms in total. The minimum atomic E-state index is -0.342. The number of hydrogen-bond acceptors (Lipinski definition) is 3. The molecule has 0 aliphatic rings. The maximum Gasteiger partial charge on any atom is 0.330 e. The van der Waals surface area contributed by atoms with E-state index in [1.54, 1.807) is 6.08 Å². The van der Waals surface area contributed by atoms with Gasteiger partial charge in [-0.25, -0.2) is 4.79 Å². The van der Waals surface area contributed by atoms with Crippen LogP contribution in [-0.4, -0.2) is 12.0 Å². The van der Waals surface area contributed by atoms with Crippen molar-refractivity contribution in [3.63, 3.8) is 0 Å². The number of unbranched alkanes of at least 4 members (excludes halogenated alkanes) is 1. The van der Waals surface area contributed by atoms with Crippen LogP contribution in [0.15, 0.2) is 42.5 Å². The van der Waals surface area contributed by atoms with E-state index in [1.165, 1.54) is 6.08 Å². The normalized spacial score (nSPS) is 12.6. The molecule has 0 bridgehead atoms. The fourth-order valence-corrected chi connectivity index (χ4v) is 1.52. The average Bonchev–Trinajstić information content (AvgIpc) is 2.41. The van der Waals surface area contributed by atoms with Gasteiger partial charge in [-0.15, -0.1) is 0 Å². The van der Waals surface area contributed by atoms with E-state index in [-0.39, 0.29) is 12.0 Å². The van der Waals surface area contributed by atoms with Crippen LogP contribution in [0.25, 0.3) is 0 Å². The molecule has 0 aliphatic heterocycles. The lowest BCUT2D eigenvalue weighted by atomic mass is 10.1. The monoisotopic (exact) mass is 247 g/mol. The van der Waals surface area contributed by atoms with Crippen LogP contribution in [0.4, 0.5) is 0 Å². The van der Waals surface area contributed by atoms with Crippen LogP contribution in [0, 0.1) is 0 Å². The first-order chi connectivity index (χ1) is 8.72. The van der Waals surface area contributed by atoms with Gasteiger partial charge in [0, 0.05) is 12.1 Å². The molecule has 0 aliphatic carbocycles. The van der Waals surface area contributed by atoms with E-state index >= 15 is 0 Å². The molecule has 18 heavy (non-hydrogen) atoms. The molecule has 1 atom stereocenters. The third kappa shape index (κ3) is 6.21. The zero-order valence-electron chi connectivity index (χ0n) is 10.8. The lowest BCUT2D eigenvalue weighted by molar-refractivity contribution is -0.139. The summed E-state index contributed by atoms with van der Waals surface area (Å²) in [5.74, 6) is -0.342. The molecule has 1 aromatic carbocycles. The van der Waals surface area contributed by atoms with Crippen molar-refractivity contribution in [2.75, 3.05) is 0 Å². The molecule has 0 amide bonds. The number of nitrogens with two attached hydrogens (primary N) is 1. The largest absolute Gasteiger partial charge is 0.458 e. The van der Waals surface area contributed by atoms with Gasteiger partial charge in [-0.2, -0.15) is 0 Å². The van der Waals surface area contributed by atoms with Gasteiger partial charge in [0.2, 0.25) is 0 Å². The molecule has 98 valence electrons. The van der Waals surface area contributed by atoms with Crippen LogP contribution in [0.1, 0.15) is 31.7 Å². The van der Waals surface area contributed by atoms with Gasteiger partial charge in [-0.3, -0.25) is 0 Å².